The fourth-order valence-electron chi connectivity index (χ4n) is 3.82. The van der Waals surface area contributed by atoms with Crippen molar-refractivity contribution in [3.63, 3.8) is 0 Å². The zero-order valence-electron chi connectivity index (χ0n) is 17.7. The van der Waals surface area contributed by atoms with E-state index in [4.69, 9.17) is 9.84 Å². The number of hydrogen-bond acceptors (Lipinski definition) is 5. The van der Waals surface area contributed by atoms with Gasteiger partial charge in [-0.1, -0.05) is 19.9 Å². The SMILES string of the molecule is Cc1cc(OCC(C)C)nc(C2=CCC(F)(N3CCC(CC(=O)O)CC3)C(F)=C2)n1. The van der Waals surface area contributed by atoms with E-state index in [1.165, 1.54) is 4.90 Å². The highest BCUT2D eigenvalue weighted by atomic mass is 19.2. The minimum Gasteiger partial charge on any atom is -0.481 e. The highest BCUT2D eigenvalue weighted by Gasteiger charge is 2.44. The first kappa shape index (κ1) is 22.3. The predicted octanol–water partition coefficient (Wildman–Crippen LogP) is 4.31. The number of allylic oxidation sites excluding steroid dienone is 2. The summed E-state index contributed by atoms with van der Waals surface area (Å²) in [7, 11) is 0. The molecule has 0 radical (unpaired) electrons. The van der Waals surface area contributed by atoms with E-state index in [0.29, 0.717) is 61.4 Å². The van der Waals surface area contributed by atoms with Crippen LogP contribution in [-0.2, 0) is 4.79 Å². The number of aliphatic carboxylic acids is 1. The van der Waals surface area contributed by atoms with Gasteiger partial charge in [-0.3, -0.25) is 9.69 Å². The van der Waals surface area contributed by atoms with Crippen LogP contribution in [0.15, 0.2) is 24.0 Å². The van der Waals surface area contributed by atoms with Gasteiger partial charge >= 0.3 is 5.97 Å². The molecule has 1 aliphatic heterocycles. The number of carbonyl (C=O) groups is 1. The third-order valence-electron chi connectivity index (χ3n) is 5.47. The van der Waals surface area contributed by atoms with Gasteiger partial charge in [-0.25, -0.2) is 13.8 Å². The van der Waals surface area contributed by atoms with Gasteiger partial charge in [0.05, 0.1) is 6.61 Å². The standard InChI is InChI=1S/C22H29F2N3O3/c1-14(2)13-30-19-10-15(3)25-21(26-19)17-4-7-22(24,18(23)12-17)27-8-5-16(6-9-27)11-20(28)29/h4,10,12,14,16H,5-9,11,13H2,1-3H3,(H,28,29). The van der Waals surface area contributed by atoms with Crippen LogP contribution in [0.5, 0.6) is 5.88 Å². The van der Waals surface area contributed by atoms with Crippen LogP contribution in [-0.4, -0.2) is 51.4 Å². The van der Waals surface area contributed by atoms with Gasteiger partial charge in [-0.05, 0) is 37.7 Å². The summed E-state index contributed by atoms with van der Waals surface area (Å²) in [5, 5.41) is 8.92. The molecule has 1 fully saturated rings. The van der Waals surface area contributed by atoms with Crippen LogP contribution in [0, 0.1) is 18.8 Å². The smallest absolute Gasteiger partial charge is 0.303 e. The lowest BCUT2D eigenvalue weighted by Crippen LogP contribution is -2.50. The van der Waals surface area contributed by atoms with Crippen LogP contribution in [0.4, 0.5) is 8.78 Å². The third kappa shape index (κ3) is 5.22. The van der Waals surface area contributed by atoms with Gasteiger partial charge in [0.25, 0.3) is 0 Å². The third-order valence-corrected chi connectivity index (χ3v) is 5.47. The second kappa shape index (κ2) is 9.20. The monoisotopic (exact) mass is 421 g/mol. The molecule has 1 aliphatic carbocycles. The number of rotatable bonds is 7. The Morgan fingerprint density at radius 2 is 2.07 bits per heavy atom. The van der Waals surface area contributed by atoms with Crippen molar-refractivity contribution in [3.05, 3.63) is 35.6 Å². The number of nitrogens with zero attached hydrogens (tertiary/aromatic N) is 3. The summed E-state index contributed by atoms with van der Waals surface area (Å²) in [6.45, 7) is 7.02. The number of aryl methyl sites for hydroxylation is 1. The quantitative estimate of drug-likeness (QED) is 0.661. The van der Waals surface area contributed by atoms with Crippen molar-refractivity contribution < 1.29 is 23.4 Å². The van der Waals surface area contributed by atoms with E-state index in [1.807, 2.05) is 13.8 Å². The summed E-state index contributed by atoms with van der Waals surface area (Å²) in [6.07, 6.45) is 3.79. The van der Waals surface area contributed by atoms with Crippen molar-refractivity contribution in [3.8, 4) is 5.88 Å². The molecule has 0 saturated carbocycles. The Morgan fingerprint density at radius 3 is 2.67 bits per heavy atom. The van der Waals surface area contributed by atoms with Crippen LogP contribution in [0.3, 0.4) is 0 Å². The number of aromatic nitrogens is 2. The Bertz CT molecular complexity index is 848. The Labute approximate surface area is 175 Å². The number of ether oxygens (including phenoxy) is 1. The maximum atomic E-state index is 15.6. The van der Waals surface area contributed by atoms with Gasteiger partial charge in [0.1, 0.15) is 0 Å². The van der Waals surface area contributed by atoms with Crippen molar-refractivity contribution in [2.24, 2.45) is 11.8 Å². The fraction of sp³-hybridized carbons (Fsp3) is 0.591. The van der Waals surface area contributed by atoms with Crippen LogP contribution in [0.25, 0.3) is 5.57 Å². The molecule has 2 heterocycles. The number of hydrogen-bond donors (Lipinski definition) is 1. The van der Waals surface area contributed by atoms with Crippen molar-refractivity contribution >= 4 is 11.5 Å². The molecule has 30 heavy (non-hydrogen) atoms. The lowest BCUT2D eigenvalue weighted by Gasteiger charge is -2.41. The molecule has 3 rings (SSSR count). The highest BCUT2D eigenvalue weighted by Crippen LogP contribution is 2.40. The van der Waals surface area contributed by atoms with Crippen molar-refractivity contribution in [2.75, 3.05) is 19.7 Å². The number of halogens is 2. The summed E-state index contributed by atoms with van der Waals surface area (Å²) >= 11 is 0. The minimum absolute atomic E-state index is 0.00837. The van der Waals surface area contributed by atoms with Gasteiger partial charge < -0.3 is 9.84 Å². The molecule has 8 heteroatoms. The minimum atomic E-state index is -2.21. The van der Waals surface area contributed by atoms with Crippen LogP contribution >= 0.6 is 0 Å². The van der Waals surface area contributed by atoms with E-state index in [0.717, 1.165) is 6.08 Å². The lowest BCUT2D eigenvalue weighted by atomic mass is 9.90. The average Bonchev–Trinajstić information content (AvgIpc) is 2.68. The second-order valence-corrected chi connectivity index (χ2v) is 8.52. The summed E-state index contributed by atoms with van der Waals surface area (Å²) in [5.74, 6) is -2.86. The Morgan fingerprint density at radius 1 is 1.37 bits per heavy atom. The highest BCUT2D eigenvalue weighted by molar-refractivity contribution is 5.72. The number of carboxylic acids is 1. The van der Waals surface area contributed by atoms with Crippen LogP contribution in [0.2, 0.25) is 0 Å². The molecule has 1 N–H and O–H groups in total. The van der Waals surface area contributed by atoms with Gasteiger partial charge in [0.15, 0.2) is 11.7 Å². The van der Waals surface area contributed by atoms with Crippen molar-refractivity contribution in [2.45, 2.75) is 52.2 Å². The van der Waals surface area contributed by atoms with Gasteiger partial charge in [0, 0.05) is 43.3 Å². The normalized spacial score (nSPS) is 23.3. The summed E-state index contributed by atoms with van der Waals surface area (Å²) in [5.41, 5.74) is 1.12. The molecule has 1 atom stereocenters. The molecule has 164 valence electrons. The molecule has 1 aromatic rings. The molecule has 0 bridgehead atoms. The molecule has 2 aliphatic rings. The maximum absolute atomic E-state index is 15.6. The molecule has 0 amide bonds. The molecule has 1 unspecified atom stereocenters. The summed E-state index contributed by atoms with van der Waals surface area (Å²) in [4.78, 5) is 21.1. The molecule has 6 nitrogen and oxygen atoms in total. The van der Waals surface area contributed by atoms with Crippen LogP contribution in [0.1, 0.15) is 51.0 Å². The number of carboxylic acid groups (broad SMARTS) is 1. The maximum Gasteiger partial charge on any atom is 0.303 e. The van der Waals surface area contributed by atoms with Gasteiger partial charge in [0.2, 0.25) is 11.7 Å². The molecule has 0 aromatic carbocycles. The van der Waals surface area contributed by atoms with E-state index in [9.17, 15) is 9.18 Å². The van der Waals surface area contributed by atoms with E-state index in [1.54, 1.807) is 19.1 Å². The number of alkyl halides is 1. The van der Waals surface area contributed by atoms with Crippen LogP contribution < -0.4 is 4.74 Å². The fourth-order valence-corrected chi connectivity index (χ4v) is 3.82. The largest absolute Gasteiger partial charge is 0.481 e. The van der Waals surface area contributed by atoms with E-state index in [2.05, 4.69) is 9.97 Å². The first-order valence-electron chi connectivity index (χ1n) is 10.4. The van der Waals surface area contributed by atoms with Crippen molar-refractivity contribution in [1.82, 2.24) is 14.9 Å². The lowest BCUT2D eigenvalue weighted by molar-refractivity contribution is -0.138. The van der Waals surface area contributed by atoms with E-state index < -0.39 is 17.6 Å². The van der Waals surface area contributed by atoms with Crippen molar-refractivity contribution in [1.29, 1.82) is 0 Å². The molecular weight excluding hydrogens is 392 g/mol. The first-order valence-corrected chi connectivity index (χ1v) is 10.4. The average molecular weight is 421 g/mol. The molecule has 1 aromatic heterocycles. The zero-order valence-corrected chi connectivity index (χ0v) is 17.7. The first-order chi connectivity index (χ1) is 14.2. The summed E-state index contributed by atoms with van der Waals surface area (Å²) in [6, 6.07) is 1.72. The molecule has 1 saturated heterocycles. The Balaban J connectivity index is 1.71. The van der Waals surface area contributed by atoms with E-state index in [-0.39, 0.29) is 18.8 Å². The molecule has 0 spiro atoms. The predicted molar refractivity (Wildman–Crippen MR) is 109 cm³/mol. The topological polar surface area (TPSA) is 75.5 Å². The van der Waals surface area contributed by atoms with E-state index >= 15 is 4.39 Å². The zero-order chi connectivity index (χ0) is 21.9. The number of likely N-dealkylation sites (tertiary alicyclic amines) is 1. The van der Waals surface area contributed by atoms with Gasteiger partial charge in [-0.2, -0.15) is 4.98 Å². The Kier molecular flexibility index (Phi) is 6.85. The Hall–Kier alpha value is -2.35. The second-order valence-electron chi connectivity index (χ2n) is 8.52. The number of piperidine rings is 1. The molecular formula is C22H29F2N3O3. The summed E-state index contributed by atoms with van der Waals surface area (Å²) < 4.78 is 36.2. The van der Waals surface area contributed by atoms with Gasteiger partial charge in [-0.15, -0.1) is 0 Å².